The number of aromatic nitrogens is 1. The lowest BCUT2D eigenvalue weighted by molar-refractivity contribution is 0.112. The lowest BCUT2D eigenvalue weighted by Crippen LogP contribution is -1.83. The van der Waals surface area contributed by atoms with Gasteiger partial charge in [-0.2, -0.15) is 4.37 Å². The Kier molecular flexibility index (Phi) is 2.41. The fourth-order valence-corrected chi connectivity index (χ4v) is 2.17. The van der Waals surface area contributed by atoms with Crippen molar-refractivity contribution in [1.82, 2.24) is 4.37 Å². The predicted molar refractivity (Wildman–Crippen MR) is 57.7 cm³/mol. The monoisotopic (exact) mass is 203 g/mol. The van der Waals surface area contributed by atoms with Crippen LogP contribution in [-0.4, -0.2) is 10.7 Å². The number of hydrogen-bond donors (Lipinski definition) is 0. The van der Waals surface area contributed by atoms with Crippen LogP contribution in [0.5, 0.6) is 0 Å². The van der Waals surface area contributed by atoms with Gasteiger partial charge < -0.3 is 0 Å². The summed E-state index contributed by atoms with van der Waals surface area (Å²) in [6, 6.07) is 8.00. The molecule has 1 heterocycles. The van der Waals surface area contributed by atoms with Gasteiger partial charge in [0, 0.05) is 0 Å². The van der Waals surface area contributed by atoms with E-state index in [0.717, 1.165) is 16.7 Å². The zero-order valence-electron chi connectivity index (χ0n) is 7.73. The van der Waals surface area contributed by atoms with Crippen molar-refractivity contribution >= 4 is 17.8 Å². The maximum absolute atomic E-state index is 10.7. The Morgan fingerprint density at radius 3 is 2.86 bits per heavy atom. The summed E-state index contributed by atoms with van der Waals surface area (Å²) in [6.45, 7) is 2.03. The molecule has 1 aromatic heterocycles. The van der Waals surface area contributed by atoms with Crippen LogP contribution in [-0.2, 0) is 0 Å². The molecule has 14 heavy (non-hydrogen) atoms. The van der Waals surface area contributed by atoms with Crippen molar-refractivity contribution in [3.8, 4) is 10.4 Å². The molecule has 2 rings (SSSR count). The molecule has 2 aromatic rings. The molecule has 0 aliphatic carbocycles. The molecule has 0 bridgehead atoms. The van der Waals surface area contributed by atoms with Gasteiger partial charge in [-0.3, -0.25) is 4.79 Å². The number of rotatable bonds is 2. The minimum atomic E-state index is 0.671. The van der Waals surface area contributed by atoms with Crippen LogP contribution in [0.1, 0.15) is 15.9 Å². The smallest absolute Gasteiger partial charge is 0.153 e. The summed E-state index contributed by atoms with van der Waals surface area (Å²) in [7, 11) is 0. The largest absolute Gasteiger partial charge is 0.298 e. The number of aldehydes is 1. The highest BCUT2D eigenvalue weighted by Gasteiger charge is 2.08. The molecule has 1 aromatic carbocycles. The van der Waals surface area contributed by atoms with Crippen molar-refractivity contribution in [3.05, 3.63) is 41.6 Å². The van der Waals surface area contributed by atoms with E-state index in [1.807, 2.05) is 31.2 Å². The van der Waals surface area contributed by atoms with Gasteiger partial charge in [-0.15, -0.1) is 0 Å². The number of carbonyl (C=O) groups excluding carboxylic acids is 1. The average molecular weight is 203 g/mol. The van der Waals surface area contributed by atoms with Crippen molar-refractivity contribution in [2.45, 2.75) is 6.92 Å². The topological polar surface area (TPSA) is 30.0 Å². The third kappa shape index (κ3) is 1.46. The second-order valence-corrected chi connectivity index (χ2v) is 3.84. The van der Waals surface area contributed by atoms with Crippen LogP contribution in [0.3, 0.4) is 0 Å². The lowest BCUT2D eigenvalue weighted by atomic mass is 10.1. The molecule has 0 fully saturated rings. The maximum Gasteiger partial charge on any atom is 0.153 e. The van der Waals surface area contributed by atoms with Gasteiger partial charge in [0.05, 0.1) is 16.6 Å². The zero-order valence-corrected chi connectivity index (χ0v) is 8.54. The van der Waals surface area contributed by atoms with Gasteiger partial charge in [0.2, 0.25) is 0 Å². The highest BCUT2D eigenvalue weighted by molar-refractivity contribution is 7.10. The molecule has 0 spiro atoms. The number of benzene rings is 1. The molecular formula is C11H9NOS. The van der Waals surface area contributed by atoms with Crippen molar-refractivity contribution in [2.75, 3.05) is 0 Å². The van der Waals surface area contributed by atoms with Crippen molar-refractivity contribution in [1.29, 1.82) is 0 Å². The quantitative estimate of drug-likeness (QED) is 0.702. The Hall–Kier alpha value is -1.48. The third-order valence-corrected chi connectivity index (χ3v) is 2.96. The summed E-state index contributed by atoms with van der Waals surface area (Å²) in [4.78, 5) is 11.7. The SMILES string of the molecule is Cc1ccccc1-c1sncc1C=O. The molecule has 3 heteroatoms. The molecule has 0 aliphatic heterocycles. The molecule has 0 N–H and O–H groups in total. The first-order chi connectivity index (χ1) is 6.83. The van der Waals surface area contributed by atoms with Crippen LogP contribution in [0.2, 0.25) is 0 Å². The zero-order chi connectivity index (χ0) is 9.97. The molecule has 0 amide bonds. The lowest BCUT2D eigenvalue weighted by Gasteiger charge is -2.01. The molecule has 0 saturated carbocycles. The molecule has 0 unspecified atom stereocenters. The first kappa shape index (κ1) is 9.09. The summed E-state index contributed by atoms with van der Waals surface area (Å²) < 4.78 is 4.02. The van der Waals surface area contributed by atoms with Gasteiger partial charge in [0.15, 0.2) is 6.29 Å². The molecule has 70 valence electrons. The Morgan fingerprint density at radius 1 is 1.36 bits per heavy atom. The van der Waals surface area contributed by atoms with Crippen LogP contribution in [0.15, 0.2) is 30.5 Å². The summed E-state index contributed by atoms with van der Waals surface area (Å²) in [6.07, 6.45) is 2.46. The first-order valence-electron chi connectivity index (χ1n) is 4.29. The second-order valence-electron chi connectivity index (χ2n) is 3.04. The molecule has 0 radical (unpaired) electrons. The Bertz CT molecular complexity index is 462. The van der Waals surface area contributed by atoms with Gasteiger partial charge in [-0.05, 0) is 29.6 Å². The van der Waals surface area contributed by atoms with E-state index in [4.69, 9.17) is 0 Å². The van der Waals surface area contributed by atoms with Crippen molar-refractivity contribution in [2.24, 2.45) is 0 Å². The van der Waals surface area contributed by atoms with E-state index in [1.54, 1.807) is 6.20 Å². The molecule has 0 aliphatic rings. The van der Waals surface area contributed by atoms with Crippen LogP contribution < -0.4 is 0 Å². The van der Waals surface area contributed by atoms with Gasteiger partial charge in [0.25, 0.3) is 0 Å². The van der Waals surface area contributed by atoms with E-state index >= 15 is 0 Å². The van der Waals surface area contributed by atoms with Gasteiger partial charge in [0.1, 0.15) is 0 Å². The third-order valence-electron chi connectivity index (χ3n) is 2.11. The number of nitrogens with zero attached hydrogens (tertiary/aromatic N) is 1. The normalized spacial score (nSPS) is 10.1. The predicted octanol–water partition coefficient (Wildman–Crippen LogP) is 2.93. The summed E-state index contributed by atoms with van der Waals surface area (Å²) in [5.74, 6) is 0. The van der Waals surface area contributed by atoms with E-state index in [9.17, 15) is 4.79 Å². The standard InChI is InChI=1S/C11H9NOS/c1-8-4-2-3-5-10(8)11-9(7-13)6-12-14-11/h2-7H,1H3. The summed E-state index contributed by atoms with van der Waals surface area (Å²) in [5, 5.41) is 0. The van der Waals surface area contributed by atoms with Crippen molar-refractivity contribution in [3.63, 3.8) is 0 Å². The fraction of sp³-hybridized carbons (Fsp3) is 0.0909. The van der Waals surface area contributed by atoms with Crippen LogP contribution >= 0.6 is 11.5 Å². The van der Waals surface area contributed by atoms with Gasteiger partial charge in [-0.25, -0.2) is 0 Å². The first-order valence-corrected chi connectivity index (χ1v) is 5.06. The fourth-order valence-electron chi connectivity index (χ4n) is 1.36. The second kappa shape index (κ2) is 3.72. The number of hydrogen-bond acceptors (Lipinski definition) is 3. The summed E-state index contributed by atoms with van der Waals surface area (Å²) in [5.41, 5.74) is 2.93. The molecule has 0 saturated heterocycles. The number of carbonyl (C=O) groups is 1. The van der Waals surface area contributed by atoms with Gasteiger partial charge in [-0.1, -0.05) is 24.3 Å². The van der Waals surface area contributed by atoms with Gasteiger partial charge >= 0.3 is 0 Å². The Balaban J connectivity index is 2.60. The minimum Gasteiger partial charge on any atom is -0.298 e. The summed E-state index contributed by atoms with van der Waals surface area (Å²) >= 11 is 1.36. The van der Waals surface area contributed by atoms with Crippen molar-refractivity contribution < 1.29 is 4.79 Å². The van der Waals surface area contributed by atoms with E-state index in [-0.39, 0.29) is 0 Å². The van der Waals surface area contributed by atoms with E-state index in [1.165, 1.54) is 17.1 Å². The maximum atomic E-state index is 10.7. The van der Waals surface area contributed by atoms with Crippen LogP contribution in [0.25, 0.3) is 10.4 Å². The van der Waals surface area contributed by atoms with Crippen LogP contribution in [0, 0.1) is 6.92 Å². The Morgan fingerprint density at radius 2 is 2.14 bits per heavy atom. The molecular weight excluding hydrogens is 194 g/mol. The molecule has 0 atom stereocenters. The molecule has 2 nitrogen and oxygen atoms in total. The van der Waals surface area contributed by atoms with E-state index in [2.05, 4.69) is 4.37 Å². The van der Waals surface area contributed by atoms with E-state index < -0.39 is 0 Å². The highest BCUT2D eigenvalue weighted by atomic mass is 32.1. The Labute approximate surface area is 86.4 Å². The minimum absolute atomic E-state index is 0.671. The highest BCUT2D eigenvalue weighted by Crippen LogP contribution is 2.28. The van der Waals surface area contributed by atoms with Crippen LogP contribution in [0.4, 0.5) is 0 Å². The average Bonchev–Trinajstić information content (AvgIpc) is 2.66. The number of aryl methyl sites for hydroxylation is 1. The van der Waals surface area contributed by atoms with E-state index in [0.29, 0.717) is 5.56 Å².